The van der Waals surface area contributed by atoms with Crippen molar-refractivity contribution in [1.82, 2.24) is 4.98 Å². The fourth-order valence-electron chi connectivity index (χ4n) is 1.32. The minimum absolute atomic E-state index is 0.00326. The highest BCUT2D eigenvalue weighted by molar-refractivity contribution is 9.10. The molecular formula is C11H9BrN2O3S. The molecule has 2 rings (SSSR count). The second-order valence-corrected chi connectivity index (χ2v) is 5.34. The van der Waals surface area contributed by atoms with Crippen LogP contribution in [0.4, 0.5) is 5.69 Å². The smallest absolute Gasteiger partial charge is 0.273 e. The van der Waals surface area contributed by atoms with E-state index in [4.69, 9.17) is 4.74 Å². The first-order valence-corrected chi connectivity index (χ1v) is 6.71. The zero-order chi connectivity index (χ0) is 13.1. The van der Waals surface area contributed by atoms with Gasteiger partial charge in [-0.3, -0.25) is 10.1 Å². The number of non-ortho nitro benzene ring substituents is 1. The molecule has 1 aromatic carbocycles. The molecule has 0 bridgehead atoms. The van der Waals surface area contributed by atoms with E-state index in [9.17, 15) is 10.1 Å². The molecule has 0 aliphatic carbocycles. The Hall–Kier alpha value is -1.47. The number of thiazole rings is 1. The van der Waals surface area contributed by atoms with Crippen LogP contribution in [0.5, 0.6) is 5.75 Å². The number of nitro benzene ring substituents is 1. The van der Waals surface area contributed by atoms with Gasteiger partial charge in [0.05, 0.1) is 15.5 Å². The Morgan fingerprint density at radius 1 is 1.56 bits per heavy atom. The molecule has 0 radical (unpaired) electrons. The molecule has 0 amide bonds. The molecule has 2 aromatic rings. The maximum Gasteiger partial charge on any atom is 0.273 e. The van der Waals surface area contributed by atoms with Gasteiger partial charge in [0, 0.05) is 17.1 Å². The SMILES string of the molecule is Cc1csc(COc2cc([N+](=O)[O-])ccc2Br)n1. The Balaban J connectivity index is 2.13. The lowest BCUT2D eigenvalue weighted by molar-refractivity contribution is -0.385. The van der Waals surface area contributed by atoms with E-state index in [0.717, 1.165) is 10.7 Å². The van der Waals surface area contributed by atoms with Gasteiger partial charge in [0.25, 0.3) is 5.69 Å². The lowest BCUT2D eigenvalue weighted by Crippen LogP contribution is -1.97. The van der Waals surface area contributed by atoms with Crippen molar-refractivity contribution in [3.8, 4) is 5.75 Å². The van der Waals surface area contributed by atoms with Crippen LogP contribution in [-0.4, -0.2) is 9.91 Å². The lowest BCUT2D eigenvalue weighted by Gasteiger charge is -2.06. The van der Waals surface area contributed by atoms with Crippen molar-refractivity contribution >= 4 is 33.0 Å². The Morgan fingerprint density at radius 2 is 2.33 bits per heavy atom. The van der Waals surface area contributed by atoms with Crippen molar-refractivity contribution in [2.45, 2.75) is 13.5 Å². The molecule has 7 heteroatoms. The van der Waals surface area contributed by atoms with Crippen LogP contribution in [0.15, 0.2) is 28.1 Å². The Kier molecular flexibility index (Phi) is 3.93. The van der Waals surface area contributed by atoms with Crippen LogP contribution in [-0.2, 0) is 6.61 Å². The number of benzene rings is 1. The van der Waals surface area contributed by atoms with Gasteiger partial charge in [-0.1, -0.05) is 0 Å². The summed E-state index contributed by atoms with van der Waals surface area (Å²) in [4.78, 5) is 14.5. The van der Waals surface area contributed by atoms with E-state index >= 15 is 0 Å². The average molecular weight is 329 g/mol. The highest BCUT2D eigenvalue weighted by Crippen LogP contribution is 2.30. The van der Waals surface area contributed by atoms with Crippen molar-refractivity contribution in [2.75, 3.05) is 0 Å². The number of rotatable bonds is 4. The van der Waals surface area contributed by atoms with Gasteiger partial charge in [0.1, 0.15) is 17.4 Å². The summed E-state index contributed by atoms with van der Waals surface area (Å²) in [7, 11) is 0. The standard InChI is InChI=1S/C11H9BrN2O3S/c1-7-6-18-11(13-7)5-17-10-4-8(14(15)16)2-3-9(10)12/h2-4,6H,5H2,1H3. The first kappa shape index (κ1) is 13.0. The number of hydrogen-bond acceptors (Lipinski definition) is 5. The summed E-state index contributed by atoms with van der Waals surface area (Å²) < 4.78 is 6.21. The molecule has 0 N–H and O–H groups in total. The quantitative estimate of drug-likeness (QED) is 0.634. The van der Waals surface area contributed by atoms with E-state index in [1.54, 1.807) is 6.07 Å². The van der Waals surface area contributed by atoms with Crippen molar-refractivity contribution < 1.29 is 9.66 Å². The molecule has 0 saturated carbocycles. The van der Waals surface area contributed by atoms with Crippen molar-refractivity contribution in [3.63, 3.8) is 0 Å². The Labute approximate surface area is 116 Å². The zero-order valence-corrected chi connectivity index (χ0v) is 11.8. The normalized spacial score (nSPS) is 10.3. The highest BCUT2D eigenvalue weighted by Gasteiger charge is 2.11. The van der Waals surface area contributed by atoms with Crippen LogP contribution < -0.4 is 4.74 Å². The van der Waals surface area contributed by atoms with Crippen LogP contribution in [0.25, 0.3) is 0 Å². The monoisotopic (exact) mass is 328 g/mol. The van der Waals surface area contributed by atoms with Gasteiger partial charge >= 0.3 is 0 Å². The first-order valence-electron chi connectivity index (χ1n) is 5.04. The second kappa shape index (κ2) is 5.45. The van der Waals surface area contributed by atoms with E-state index in [2.05, 4.69) is 20.9 Å². The number of aromatic nitrogens is 1. The van der Waals surface area contributed by atoms with E-state index < -0.39 is 4.92 Å². The minimum atomic E-state index is -0.452. The highest BCUT2D eigenvalue weighted by atomic mass is 79.9. The molecule has 0 fully saturated rings. The molecule has 0 aliphatic rings. The zero-order valence-electron chi connectivity index (χ0n) is 9.42. The van der Waals surface area contributed by atoms with Crippen LogP contribution >= 0.6 is 27.3 Å². The molecule has 0 unspecified atom stereocenters. The number of nitro groups is 1. The molecule has 0 spiro atoms. The van der Waals surface area contributed by atoms with Gasteiger partial charge < -0.3 is 4.74 Å². The average Bonchev–Trinajstić information content (AvgIpc) is 2.74. The largest absolute Gasteiger partial charge is 0.485 e. The predicted molar refractivity (Wildman–Crippen MR) is 72.0 cm³/mol. The van der Waals surface area contributed by atoms with Gasteiger partial charge in [-0.15, -0.1) is 11.3 Å². The third-order valence-corrected chi connectivity index (χ3v) is 3.74. The van der Waals surface area contributed by atoms with E-state index in [1.165, 1.54) is 23.5 Å². The molecule has 0 saturated heterocycles. The molecule has 0 aliphatic heterocycles. The topological polar surface area (TPSA) is 65.3 Å². The fourth-order valence-corrected chi connectivity index (χ4v) is 2.37. The molecule has 1 heterocycles. The van der Waals surface area contributed by atoms with E-state index in [-0.39, 0.29) is 5.69 Å². The Morgan fingerprint density at radius 3 is 2.94 bits per heavy atom. The molecule has 94 valence electrons. The molecule has 0 atom stereocenters. The fraction of sp³-hybridized carbons (Fsp3) is 0.182. The maximum absolute atomic E-state index is 10.7. The second-order valence-electron chi connectivity index (χ2n) is 3.54. The van der Waals surface area contributed by atoms with Gasteiger partial charge in [0.2, 0.25) is 0 Å². The van der Waals surface area contributed by atoms with Crippen LogP contribution in [0.1, 0.15) is 10.7 Å². The van der Waals surface area contributed by atoms with Gasteiger partial charge in [-0.25, -0.2) is 4.98 Å². The van der Waals surface area contributed by atoms with E-state index in [1.807, 2.05) is 12.3 Å². The summed E-state index contributed by atoms with van der Waals surface area (Å²) in [6, 6.07) is 4.41. The molecule has 1 aromatic heterocycles. The Bertz CT molecular complexity index is 585. The van der Waals surface area contributed by atoms with Crippen LogP contribution in [0.2, 0.25) is 0 Å². The number of hydrogen-bond donors (Lipinski definition) is 0. The van der Waals surface area contributed by atoms with Crippen molar-refractivity contribution in [1.29, 1.82) is 0 Å². The third-order valence-electron chi connectivity index (χ3n) is 2.14. The minimum Gasteiger partial charge on any atom is -0.485 e. The van der Waals surface area contributed by atoms with Gasteiger partial charge in [-0.05, 0) is 28.9 Å². The van der Waals surface area contributed by atoms with Crippen molar-refractivity contribution in [2.24, 2.45) is 0 Å². The molecule has 18 heavy (non-hydrogen) atoms. The van der Waals surface area contributed by atoms with Crippen LogP contribution in [0, 0.1) is 17.0 Å². The van der Waals surface area contributed by atoms with Gasteiger partial charge in [-0.2, -0.15) is 0 Å². The number of aryl methyl sites for hydroxylation is 1. The van der Waals surface area contributed by atoms with Crippen molar-refractivity contribution in [3.05, 3.63) is 48.9 Å². The summed E-state index contributed by atoms with van der Waals surface area (Å²) in [6.07, 6.45) is 0. The van der Waals surface area contributed by atoms with Crippen LogP contribution in [0.3, 0.4) is 0 Å². The summed E-state index contributed by atoms with van der Waals surface area (Å²) in [5.74, 6) is 0.442. The summed E-state index contributed by atoms with van der Waals surface area (Å²) in [6.45, 7) is 2.21. The molecular weight excluding hydrogens is 320 g/mol. The summed E-state index contributed by atoms with van der Waals surface area (Å²) in [5, 5.41) is 13.4. The first-order chi connectivity index (χ1) is 8.56. The summed E-state index contributed by atoms with van der Waals surface area (Å²) >= 11 is 4.79. The number of nitrogens with zero attached hydrogens (tertiary/aromatic N) is 2. The number of halogens is 1. The summed E-state index contributed by atoms with van der Waals surface area (Å²) in [5.41, 5.74) is 0.945. The number of ether oxygens (including phenoxy) is 1. The third kappa shape index (κ3) is 3.05. The van der Waals surface area contributed by atoms with Gasteiger partial charge in [0.15, 0.2) is 0 Å². The van der Waals surface area contributed by atoms with E-state index in [0.29, 0.717) is 16.8 Å². The molecule has 5 nitrogen and oxygen atoms in total. The predicted octanol–water partition coefficient (Wildman–Crippen LogP) is 3.70. The lowest BCUT2D eigenvalue weighted by atomic mass is 10.3. The maximum atomic E-state index is 10.7.